The van der Waals surface area contributed by atoms with Crippen molar-refractivity contribution in [1.82, 2.24) is 9.97 Å². The minimum absolute atomic E-state index is 0.575. The molecule has 1 atom stereocenters. The largest absolute Gasteiger partial charge is 0.356 e. The van der Waals surface area contributed by atoms with E-state index in [1.807, 2.05) is 0 Å². The van der Waals surface area contributed by atoms with Gasteiger partial charge in [0, 0.05) is 37.3 Å². The van der Waals surface area contributed by atoms with Crippen LogP contribution in [0, 0.1) is 0 Å². The van der Waals surface area contributed by atoms with Gasteiger partial charge in [0.2, 0.25) is 5.95 Å². The quantitative estimate of drug-likeness (QED) is 0.822. The van der Waals surface area contributed by atoms with Crippen LogP contribution in [0.2, 0.25) is 0 Å². The van der Waals surface area contributed by atoms with E-state index in [4.69, 9.17) is 9.97 Å². The van der Waals surface area contributed by atoms with Crippen LogP contribution in [0.25, 0.3) is 11.3 Å². The lowest BCUT2D eigenvalue weighted by Gasteiger charge is -2.36. The average Bonchev–Trinajstić information content (AvgIpc) is 3.23. The van der Waals surface area contributed by atoms with Crippen molar-refractivity contribution in [3.63, 3.8) is 0 Å². The number of hydrogen-bond donors (Lipinski definition) is 0. The lowest BCUT2D eigenvalue weighted by molar-refractivity contribution is 0.443. The van der Waals surface area contributed by atoms with Gasteiger partial charge >= 0.3 is 0 Å². The maximum atomic E-state index is 5.00. The molecule has 4 rings (SSSR count). The number of nitrogens with zero attached hydrogens (tertiary/aromatic N) is 4. The van der Waals surface area contributed by atoms with E-state index in [9.17, 15) is 0 Å². The lowest BCUT2D eigenvalue weighted by Crippen LogP contribution is -2.40. The van der Waals surface area contributed by atoms with Gasteiger partial charge in [-0.25, -0.2) is 4.98 Å². The summed E-state index contributed by atoms with van der Waals surface area (Å²) in [6, 6.07) is 13.3. The highest BCUT2D eigenvalue weighted by molar-refractivity contribution is 5.65. The fourth-order valence-corrected chi connectivity index (χ4v) is 4.10. The molecule has 4 heteroatoms. The van der Waals surface area contributed by atoms with Gasteiger partial charge in [-0.3, -0.25) is 0 Å². The summed E-state index contributed by atoms with van der Waals surface area (Å²) in [7, 11) is 0. The Kier molecular flexibility index (Phi) is 4.86. The van der Waals surface area contributed by atoms with Crippen LogP contribution in [-0.4, -0.2) is 35.6 Å². The molecule has 3 heterocycles. The highest BCUT2D eigenvalue weighted by atomic mass is 15.3. The van der Waals surface area contributed by atoms with Crippen LogP contribution in [0.3, 0.4) is 0 Å². The topological polar surface area (TPSA) is 32.3 Å². The maximum Gasteiger partial charge on any atom is 0.228 e. The van der Waals surface area contributed by atoms with Crippen molar-refractivity contribution in [2.45, 2.75) is 51.5 Å². The minimum atomic E-state index is 0.575. The molecule has 2 aliphatic rings. The van der Waals surface area contributed by atoms with Crippen LogP contribution in [-0.2, 0) is 0 Å². The Bertz CT molecular complexity index is 694. The van der Waals surface area contributed by atoms with Gasteiger partial charge in [-0.2, -0.15) is 4.98 Å². The molecular weight excluding hydrogens is 308 g/mol. The Morgan fingerprint density at radius 2 is 1.72 bits per heavy atom. The van der Waals surface area contributed by atoms with E-state index < -0.39 is 0 Å². The van der Waals surface area contributed by atoms with Crippen molar-refractivity contribution < 1.29 is 0 Å². The Balaban J connectivity index is 1.75. The predicted octanol–water partition coefficient (Wildman–Crippen LogP) is 4.51. The Morgan fingerprint density at radius 3 is 2.48 bits per heavy atom. The zero-order valence-electron chi connectivity index (χ0n) is 15.2. The van der Waals surface area contributed by atoms with E-state index >= 15 is 0 Å². The number of rotatable bonds is 4. The van der Waals surface area contributed by atoms with Crippen LogP contribution in [0.15, 0.2) is 36.4 Å². The molecule has 0 aliphatic carbocycles. The third kappa shape index (κ3) is 3.48. The van der Waals surface area contributed by atoms with E-state index in [2.05, 4.69) is 53.1 Å². The summed E-state index contributed by atoms with van der Waals surface area (Å²) in [6.07, 6.45) is 7.52. The highest BCUT2D eigenvalue weighted by Crippen LogP contribution is 2.30. The van der Waals surface area contributed by atoms with Crippen molar-refractivity contribution in [3.05, 3.63) is 36.4 Å². The van der Waals surface area contributed by atoms with Crippen molar-refractivity contribution in [3.8, 4) is 11.3 Å². The van der Waals surface area contributed by atoms with Gasteiger partial charge in [0.1, 0.15) is 5.82 Å². The molecule has 132 valence electrons. The van der Waals surface area contributed by atoms with Gasteiger partial charge in [0.25, 0.3) is 0 Å². The minimum Gasteiger partial charge on any atom is -0.356 e. The molecule has 2 aromatic rings. The van der Waals surface area contributed by atoms with Crippen LogP contribution < -0.4 is 9.80 Å². The van der Waals surface area contributed by atoms with Crippen molar-refractivity contribution >= 4 is 11.8 Å². The molecule has 1 unspecified atom stereocenters. The molecule has 0 bridgehead atoms. The first kappa shape index (κ1) is 16.4. The first-order valence-corrected chi connectivity index (χ1v) is 9.81. The summed E-state index contributed by atoms with van der Waals surface area (Å²) < 4.78 is 0. The van der Waals surface area contributed by atoms with Gasteiger partial charge < -0.3 is 9.80 Å². The standard InChI is InChI=1S/C21H28N4/c1-2-18-12-6-7-15-25(18)21-22-19(17-10-4-3-5-11-17)16-20(23-21)24-13-8-9-14-24/h3-5,10-11,16,18H,2,6-9,12-15H2,1H3. The number of anilines is 2. The zero-order valence-corrected chi connectivity index (χ0v) is 15.2. The molecule has 0 amide bonds. The fourth-order valence-electron chi connectivity index (χ4n) is 4.10. The van der Waals surface area contributed by atoms with Gasteiger partial charge in [0.15, 0.2) is 0 Å². The van der Waals surface area contributed by atoms with Crippen LogP contribution in [0.4, 0.5) is 11.8 Å². The molecule has 1 aromatic heterocycles. The van der Waals surface area contributed by atoms with Gasteiger partial charge in [-0.05, 0) is 38.5 Å². The third-order valence-electron chi connectivity index (χ3n) is 5.56. The summed E-state index contributed by atoms with van der Waals surface area (Å²) in [5.74, 6) is 2.02. The molecular formula is C21H28N4. The molecule has 4 nitrogen and oxygen atoms in total. The van der Waals surface area contributed by atoms with E-state index in [1.165, 1.54) is 37.7 Å². The molecule has 0 saturated carbocycles. The Labute approximate surface area is 150 Å². The number of benzene rings is 1. The van der Waals surface area contributed by atoms with Crippen LogP contribution in [0.1, 0.15) is 45.4 Å². The molecule has 2 aliphatic heterocycles. The molecule has 0 radical (unpaired) electrons. The second kappa shape index (κ2) is 7.42. The van der Waals surface area contributed by atoms with Gasteiger partial charge in [0.05, 0.1) is 5.69 Å². The highest BCUT2D eigenvalue weighted by Gasteiger charge is 2.25. The van der Waals surface area contributed by atoms with Crippen molar-refractivity contribution in [2.75, 3.05) is 29.4 Å². The second-order valence-electron chi connectivity index (χ2n) is 7.22. The monoisotopic (exact) mass is 336 g/mol. The smallest absolute Gasteiger partial charge is 0.228 e. The molecule has 2 fully saturated rings. The number of piperidine rings is 1. The van der Waals surface area contributed by atoms with Gasteiger partial charge in [-0.15, -0.1) is 0 Å². The molecule has 2 saturated heterocycles. The second-order valence-corrected chi connectivity index (χ2v) is 7.22. The Morgan fingerprint density at radius 1 is 0.960 bits per heavy atom. The SMILES string of the molecule is CCC1CCCCN1c1nc(-c2ccccc2)cc(N2CCCC2)n1. The van der Waals surface area contributed by atoms with E-state index in [-0.39, 0.29) is 0 Å². The predicted molar refractivity (Wildman–Crippen MR) is 104 cm³/mol. The Hall–Kier alpha value is -2.10. The van der Waals surface area contributed by atoms with Crippen LogP contribution in [0.5, 0.6) is 0 Å². The normalized spacial score (nSPS) is 20.9. The molecule has 0 spiro atoms. The first-order valence-electron chi connectivity index (χ1n) is 9.81. The summed E-state index contributed by atoms with van der Waals surface area (Å²) in [5, 5.41) is 0. The maximum absolute atomic E-state index is 5.00. The first-order chi connectivity index (χ1) is 12.3. The van der Waals surface area contributed by atoms with E-state index in [1.54, 1.807) is 0 Å². The number of aromatic nitrogens is 2. The molecule has 25 heavy (non-hydrogen) atoms. The third-order valence-corrected chi connectivity index (χ3v) is 5.56. The lowest BCUT2D eigenvalue weighted by atomic mass is 10.0. The summed E-state index contributed by atoms with van der Waals surface area (Å²) in [4.78, 5) is 14.9. The van der Waals surface area contributed by atoms with Crippen LogP contribution >= 0.6 is 0 Å². The van der Waals surface area contributed by atoms with Gasteiger partial charge in [-0.1, -0.05) is 37.3 Å². The van der Waals surface area contributed by atoms with Crippen molar-refractivity contribution in [1.29, 1.82) is 0 Å². The van der Waals surface area contributed by atoms with E-state index in [0.29, 0.717) is 6.04 Å². The summed E-state index contributed by atoms with van der Waals surface area (Å²) >= 11 is 0. The van der Waals surface area contributed by atoms with E-state index in [0.717, 1.165) is 43.5 Å². The summed E-state index contributed by atoms with van der Waals surface area (Å²) in [6.45, 7) is 5.59. The average molecular weight is 336 g/mol. The molecule has 1 aromatic carbocycles. The van der Waals surface area contributed by atoms with Crippen molar-refractivity contribution in [2.24, 2.45) is 0 Å². The summed E-state index contributed by atoms with van der Waals surface area (Å²) in [5.41, 5.74) is 2.23. The zero-order chi connectivity index (χ0) is 17.1. The fraction of sp³-hybridized carbons (Fsp3) is 0.524. The molecule has 0 N–H and O–H groups in total. The number of hydrogen-bond acceptors (Lipinski definition) is 4.